The minimum absolute atomic E-state index is 0.0625. The first-order valence-electron chi connectivity index (χ1n) is 6.52. The van der Waals surface area contributed by atoms with Crippen LogP contribution in [0.1, 0.15) is 52.8 Å². The largest absolute Gasteiger partial charge is 0.481 e. The number of carbonyl (C=O) groups is 1. The lowest BCUT2D eigenvalue weighted by Gasteiger charge is -2.24. The molecule has 1 unspecified atom stereocenters. The Morgan fingerprint density at radius 3 is 2.47 bits per heavy atom. The van der Waals surface area contributed by atoms with Crippen molar-refractivity contribution in [2.45, 2.75) is 59.0 Å². The molecule has 6 nitrogen and oxygen atoms in total. The molecular formula is C13H23N3O3. The molecule has 0 amide bonds. The molecule has 108 valence electrons. The highest BCUT2D eigenvalue weighted by Crippen LogP contribution is 2.21. The number of carboxylic acids is 1. The molecule has 0 saturated heterocycles. The van der Waals surface area contributed by atoms with Crippen LogP contribution in [0.25, 0.3) is 0 Å². The predicted molar refractivity (Wildman–Crippen MR) is 70.8 cm³/mol. The van der Waals surface area contributed by atoms with Crippen LogP contribution >= 0.6 is 0 Å². The van der Waals surface area contributed by atoms with E-state index in [9.17, 15) is 4.79 Å². The molecule has 6 heteroatoms. The highest BCUT2D eigenvalue weighted by atomic mass is 16.4. The molecule has 0 fully saturated rings. The smallest absolute Gasteiger partial charge is 0.304 e. The van der Waals surface area contributed by atoms with Gasteiger partial charge in [-0.15, -0.1) is 10.2 Å². The molecule has 0 spiro atoms. The summed E-state index contributed by atoms with van der Waals surface area (Å²) in [6, 6.07) is -0.0625. The summed E-state index contributed by atoms with van der Waals surface area (Å²) in [5.74, 6) is 0.334. The number of hydrogen-bond acceptors (Lipinski definition) is 5. The number of nitrogens with zero attached hydrogens (tertiary/aromatic N) is 3. The molecule has 0 radical (unpaired) electrons. The lowest BCUT2D eigenvalue weighted by atomic mass is 9.97. The maximum Gasteiger partial charge on any atom is 0.304 e. The normalized spacial score (nSPS) is 13.8. The highest BCUT2D eigenvalue weighted by molar-refractivity contribution is 5.67. The van der Waals surface area contributed by atoms with E-state index in [0.29, 0.717) is 18.3 Å². The molecule has 0 bridgehead atoms. The minimum Gasteiger partial charge on any atom is -0.481 e. The van der Waals surface area contributed by atoms with E-state index in [0.717, 1.165) is 6.54 Å². The van der Waals surface area contributed by atoms with E-state index in [-0.39, 0.29) is 17.9 Å². The van der Waals surface area contributed by atoms with E-state index < -0.39 is 5.97 Å². The molecular weight excluding hydrogens is 246 g/mol. The first kappa shape index (κ1) is 15.6. The van der Waals surface area contributed by atoms with Crippen molar-refractivity contribution >= 4 is 5.97 Å². The number of aromatic nitrogens is 2. The molecule has 1 heterocycles. The molecule has 1 N–H and O–H groups in total. The molecule has 1 aromatic heterocycles. The first-order chi connectivity index (χ1) is 8.74. The van der Waals surface area contributed by atoms with Crippen LogP contribution in [0.5, 0.6) is 0 Å². The Labute approximate surface area is 113 Å². The van der Waals surface area contributed by atoms with Crippen molar-refractivity contribution in [3.05, 3.63) is 11.8 Å². The van der Waals surface area contributed by atoms with Gasteiger partial charge in [0.05, 0.1) is 13.0 Å². The van der Waals surface area contributed by atoms with Crippen LogP contribution in [0.3, 0.4) is 0 Å². The predicted octanol–water partition coefficient (Wildman–Crippen LogP) is 2.05. The summed E-state index contributed by atoms with van der Waals surface area (Å²) in [6.07, 6.45) is 0.105. The van der Waals surface area contributed by atoms with Gasteiger partial charge in [0.25, 0.3) is 0 Å². The Hall–Kier alpha value is -1.43. The van der Waals surface area contributed by atoms with Crippen LogP contribution < -0.4 is 0 Å². The summed E-state index contributed by atoms with van der Waals surface area (Å²) < 4.78 is 5.62. The number of aliphatic carboxylic acids is 1. The molecule has 0 aliphatic rings. The Bertz CT molecular complexity index is 423. The van der Waals surface area contributed by atoms with E-state index >= 15 is 0 Å². The summed E-state index contributed by atoms with van der Waals surface area (Å²) in [6.45, 7) is 11.1. The second-order valence-corrected chi connectivity index (χ2v) is 5.76. The quantitative estimate of drug-likeness (QED) is 0.851. The van der Waals surface area contributed by atoms with Gasteiger partial charge in [-0.2, -0.15) is 0 Å². The first-order valence-corrected chi connectivity index (χ1v) is 6.52. The third-order valence-electron chi connectivity index (χ3n) is 2.95. The number of rotatable bonds is 6. The van der Waals surface area contributed by atoms with Gasteiger partial charge in [-0.25, -0.2) is 0 Å². The van der Waals surface area contributed by atoms with Gasteiger partial charge in [-0.05, 0) is 13.5 Å². The van der Waals surface area contributed by atoms with Gasteiger partial charge in [0.1, 0.15) is 0 Å². The van der Waals surface area contributed by atoms with Crippen LogP contribution in [-0.4, -0.2) is 38.8 Å². The van der Waals surface area contributed by atoms with Crippen molar-refractivity contribution in [1.82, 2.24) is 15.1 Å². The van der Waals surface area contributed by atoms with Gasteiger partial charge >= 0.3 is 5.97 Å². The second-order valence-electron chi connectivity index (χ2n) is 5.76. The van der Waals surface area contributed by atoms with Crippen molar-refractivity contribution in [1.29, 1.82) is 0 Å². The van der Waals surface area contributed by atoms with E-state index in [1.54, 1.807) is 0 Å². The van der Waals surface area contributed by atoms with E-state index in [1.165, 1.54) is 0 Å². The Kier molecular flexibility index (Phi) is 5.05. The van der Waals surface area contributed by atoms with Crippen molar-refractivity contribution < 1.29 is 14.3 Å². The second kappa shape index (κ2) is 6.14. The van der Waals surface area contributed by atoms with Gasteiger partial charge < -0.3 is 9.52 Å². The summed E-state index contributed by atoms with van der Waals surface area (Å²) in [5.41, 5.74) is -0.172. The fraction of sp³-hybridized carbons (Fsp3) is 0.769. The molecule has 19 heavy (non-hydrogen) atoms. The van der Waals surface area contributed by atoms with Gasteiger partial charge in [0.2, 0.25) is 11.8 Å². The van der Waals surface area contributed by atoms with Crippen LogP contribution in [0.2, 0.25) is 0 Å². The van der Waals surface area contributed by atoms with Gasteiger partial charge in [-0.1, -0.05) is 27.7 Å². The fourth-order valence-electron chi connectivity index (χ4n) is 1.76. The monoisotopic (exact) mass is 269 g/mol. The molecule has 1 atom stereocenters. The van der Waals surface area contributed by atoms with Gasteiger partial charge in [-0.3, -0.25) is 9.69 Å². The van der Waals surface area contributed by atoms with Gasteiger partial charge in [0, 0.05) is 11.5 Å². The molecule has 1 rings (SSSR count). The van der Waals surface area contributed by atoms with Crippen molar-refractivity contribution in [2.75, 3.05) is 6.54 Å². The topological polar surface area (TPSA) is 79.5 Å². The lowest BCUT2D eigenvalue weighted by molar-refractivity contribution is -0.138. The Morgan fingerprint density at radius 1 is 1.42 bits per heavy atom. The lowest BCUT2D eigenvalue weighted by Crippen LogP contribution is -2.34. The molecule has 1 aromatic rings. The van der Waals surface area contributed by atoms with Crippen molar-refractivity contribution in [3.63, 3.8) is 0 Å². The zero-order chi connectivity index (χ0) is 14.6. The maximum atomic E-state index is 10.7. The average molecular weight is 269 g/mol. The number of carboxylic acid groups (broad SMARTS) is 1. The summed E-state index contributed by atoms with van der Waals surface area (Å²) >= 11 is 0. The van der Waals surface area contributed by atoms with Crippen molar-refractivity contribution in [3.8, 4) is 0 Å². The minimum atomic E-state index is -0.799. The van der Waals surface area contributed by atoms with E-state index in [2.05, 4.69) is 10.2 Å². The van der Waals surface area contributed by atoms with Crippen LogP contribution in [0.15, 0.2) is 4.42 Å². The standard InChI is InChI=1S/C13H23N3O3/c1-6-16(9(2)7-11(17)18)8-10-14-15-12(19-10)13(3,4)5/h9H,6-8H2,1-5H3,(H,17,18). The summed E-state index contributed by atoms with van der Waals surface area (Å²) in [4.78, 5) is 12.7. The van der Waals surface area contributed by atoms with Gasteiger partial charge in [0.15, 0.2) is 0 Å². The molecule has 0 aliphatic carbocycles. The Morgan fingerprint density at radius 2 is 2.05 bits per heavy atom. The zero-order valence-corrected chi connectivity index (χ0v) is 12.3. The maximum absolute atomic E-state index is 10.7. The third kappa shape index (κ3) is 4.63. The molecule has 0 aliphatic heterocycles. The van der Waals surface area contributed by atoms with E-state index in [1.807, 2.05) is 39.5 Å². The zero-order valence-electron chi connectivity index (χ0n) is 12.3. The van der Waals surface area contributed by atoms with Crippen molar-refractivity contribution in [2.24, 2.45) is 0 Å². The number of hydrogen-bond donors (Lipinski definition) is 1. The third-order valence-corrected chi connectivity index (χ3v) is 2.95. The fourth-order valence-corrected chi connectivity index (χ4v) is 1.76. The summed E-state index contributed by atoms with van der Waals surface area (Å²) in [5, 5.41) is 16.9. The molecule has 0 aromatic carbocycles. The van der Waals surface area contributed by atoms with Crippen LogP contribution in [0, 0.1) is 0 Å². The average Bonchev–Trinajstić information content (AvgIpc) is 2.72. The molecule has 0 saturated carbocycles. The van der Waals surface area contributed by atoms with E-state index in [4.69, 9.17) is 9.52 Å². The summed E-state index contributed by atoms with van der Waals surface area (Å²) in [7, 11) is 0. The highest BCUT2D eigenvalue weighted by Gasteiger charge is 2.23. The van der Waals surface area contributed by atoms with Crippen LogP contribution in [-0.2, 0) is 16.8 Å². The Balaban J connectivity index is 2.71. The van der Waals surface area contributed by atoms with Crippen LogP contribution in [0.4, 0.5) is 0 Å². The SMILES string of the molecule is CCN(Cc1nnc(C(C)(C)C)o1)C(C)CC(=O)O.